The van der Waals surface area contributed by atoms with E-state index >= 15 is 0 Å². The van der Waals surface area contributed by atoms with Gasteiger partial charge < -0.3 is 10.4 Å². The van der Waals surface area contributed by atoms with E-state index in [0.29, 0.717) is 11.5 Å². The number of hydrogen-bond donors (Lipinski definition) is 2. The Morgan fingerprint density at radius 2 is 2.06 bits per heavy atom. The van der Waals surface area contributed by atoms with Crippen LogP contribution >= 0.6 is 0 Å². The molecule has 1 heterocycles. The number of piperidine rings is 1. The molecular formula is C13H18FNO. The zero-order chi connectivity index (χ0) is 11.5. The van der Waals surface area contributed by atoms with Crippen molar-refractivity contribution in [1.29, 1.82) is 0 Å². The smallest absolute Gasteiger partial charge is 0.126 e. The summed E-state index contributed by atoms with van der Waals surface area (Å²) in [6.07, 6.45) is 1.07. The fraction of sp³-hybridized carbons (Fsp3) is 0.538. The number of phenols is 1. The van der Waals surface area contributed by atoms with Gasteiger partial charge in [-0.3, -0.25) is 0 Å². The van der Waals surface area contributed by atoms with E-state index in [0.717, 1.165) is 31.5 Å². The minimum atomic E-state index is -1.11. The van der Waals surface area contributed by atoms with Crippen molar-refractivity contribution < 1.29 is 9.50 Å². The first-order valence-electron chi connectivity index (χ1n) is 5.86. The molecule has 2 rings (SSSR count). The van der Waals surface area contributed by atoms with Crippen LogP contribution in [0.25, 0.3) is 0 Å². The maximum absolute atomic E-state index is 13.3. The van der Waals surface area contributed by atoms with Gasteiger partial charge in [0.15, 0.2) is 0 Å². The van der Waals surface area contributed by atoms with Crippen LogP contribution < -0.4 is 5.32 Å². The molecule has 1 fully saturated rings. The number of phenolic OH excluding ortho intramolecular Hbond substituents is 1. The van der Waals surface area contributed by atoms with E-state index in [1.807, 2.05) is 12.1 Å². The van der Waals surface area contributed by atoms with E-state index in [9.17, 15) is 9.50 Å². The second-order valence-electron chi connectivity index (χ2n) is 4.46. The van der Waals surface area contributed by atoms with Crippen LogP contribution in [0.4, 0.5) is 4.39 Å². The summed E-state index contributed by atoms with van der Waals surface area (Å²) in [5.41, 5.74) is 1.56. The van der Waals surface area contributed by atoms with Crippen molar-refractivity contribution in [2.24, 2.45) is 0 Å². The van der Waals surface area contributed by atoms with Gasteiger partial charge >= 0.3 is 0 Å². The highest BCUT2D eigenvalue weighted by atomic mass is 19.1. The van der Waals surface area contributed by atoms with Crippen LogP contribution in [0.5, 0.6) is 5.75 Å². The average Bonchev–Trinajstić information content (AvgIpc) is 2.30. The van der Waals surface area contributed by atoms with Gasteiger partial charge in [-0.25, -0.2) is 4.39 Å². The maximum atomic E-state index is 13.3. The Kier molecular flexibility index (Phi) is 3.44. The SMILES string of the molecule is CC(F)c1cc(C2CCNCC2)ccc1O. The van der Waals surface area contributed by atoms with Gasteiger partial charge in [-0.2, -0.15) is 0 Å². The molecule has 0 aromatic heterocycles. The van der Waals surface area contributed by atoms with Gasteiger partial charge in [0.2, 0.25) is 0 Å². The molecule has 0 aliphatic carbocycles. The molecule has 1 aromatic rings. The molecule has 1 aliphatic heterocycles. The van der Waals surface area contributed by atoms with Crippen molar-refractivity contribution in [3.8, 4) is 5.75 Å². The molecule has 1 unspecified atom stereocenters. The second-order valence-corrected chi connectivity index (χ2v) is 4.46. The molecule has 0 amide bonds. The third-order valence-electron chi connectivity index (χ3n) is 3.29. The third-order valence-corrected chi connectivity index (χ3v) is 3.29. The monoisotopic (exact) mass is 223 g/mol. The Hall–Kier alpha value is -1.09. The van der Waals surface area contributed by atoms with Crippen molar-refractivity contribution in [1.82, 2.24) is 5.32 Å². The number of halogens is 1. The number of benzene rings is 1. The second kappa shape index (κ2) is 4.83. The quantitative estimate of drug-likeness (QED) is 0.808. The van der Waals surface area contributed by atoms with Gasteiger partial charge in [0.1, 0.15) is 11.9 Å². The Morgan fingerprint density at radius 1 is 1.38 bits per heavy atom. The van der Waals surface area contributed by atoms with Crippen LogP contribution in [0.2, 0.25) is 0 Å². The molecule has 1 atom stereocenters. The fourth-order valence-corrected chi connectivity index (χ4v) is 2.30. The van der Waals surface area contributed by atoms with E-state index in [2.05, 4.69) is 5.32 Å². The summed E-state index contributed by atoms with van der Waals surface area (Å²) < 4.78 is 13.3. The number of rotatable bonds is 2. The van der Waals surface area contributed by atoms with Crippen molar-refractivity contribution >= 4 is 0 Å². The van der Waals surface area contributed by atoms with Crippen molar-refractivity contribution in [3.63, 3.8) is 0 Å². The summed E-state index contributed by atoms with van der Waals surface area (Å²) in [6, 6.07) is 5.34. The molecule has 1 aromatic carbocycles. The number of nitrogens with one attached hydrogen (secondary N) is 1. The van der Waals surface area contributed by atoms with Gasteiger partial charge in [0.25, 0.3) is 0 Å². The van der Waals surface area contributed by atoms with Crippen LogP contribution in [0, 0.1) is 0 Å². The molecule has 88 valence electrons. The molecule has 0 bridgehead atoms. The van der Waals surface area contributed by atoms with Crippen molar-refractivity contribution in [2.45, 2.75) is 31.9 Å². The van der Waals surface area contributed by atoms with Crippen molar-refractivity contribution in [3.05, 3.63) is 29.3 Å². The van der Waals surface area contributed by atoms with Crippen LogP contribution in [0.1, 0.15) is 43.0 Å². The number of hydrogen-bond acceptors (Lipinski definition) is 2. The molecule has 1 saturated heterocycles. The Labute approximate surface area is 95.5 Å². The van der Waals surface area contributed by atoms with Gasteiger partial charge in [-0.1, -0.05) is 6.07 Å². The lowest BCUT2D eigenvalue weighted by molar-refractivity contribution is 0.355. The molecule has 0 spiro atoms. The predicted octanol–water partition coefficient (Wildman–Crippen LogP) is 2.89. The summed E-state index contributed by atoms with van der Waals surface area (Å²) >= 11 is 0. The molecule has 2 nitrogen and oxygen atoms in total. The number of aromatic hydroxyl groups is 1. The molecule has 16 heavy (non-hydrogen) atoms. The molecular weight excluding hydrogens is 205 g/mol. The van der Waals surface area contributed by atoms with E-state index in [1.54, 1.807) is 6.07 Å². The number of alkyl halides is 1. The Balaban J connectivity index is 2.24. The summed E-state index contributed by atoms with van der Waals surface area (Å²) in [5, 5.41) is 12.9. The minimum absolute atomic E-state index is 0.0627. The topological polar surface area (TPSA) is 32.3 Å². The highest BCUT2D eigenvalue weighted by molar-refractivity contribution is 5.39. The first-order chi connectivity index (χ1) is 7.68. The minimum Gasteiger partial charge on any atom is -0.508 e. The maximum Gasteiger partial charge on any atom is 0.126 e. The highest BCUT2D eigenvalue weighted by Gasteiger charge is 2.17. The van der Waals surface area contributed by atoms with Gasteiger partial charge in [-0.05, 0) is 56.5 Å². The fourth-order valence-electron chi connectivity index (χ4n) is 2.30. The largest absolute Gasteiger partial charge is 0.508 e. The first-order valence-corrected chi connectivity index (χ1v) is 5.86. The zero-order valence-corrected chi connectivity index (χ0v) is 9.54. The van der Waals surface area contributed by atoms with Crippen LogP contribution in [0.15, 0.2) is 18.2 Å². The molecule has 0 radical (unpaired) electrons. The normalized spacial score (nSPS) is 19.6. The van der Waals surface area contributed by atoms with Crippen LogP contribution in [-0.2, 0) is 0 Å². The zero-order valence-electron chi connectivity index (χ0n) is 9.54. The summed E-state index contributed by atoms with van der Waals surface area (Å²) in [6.45, 7) is 3.50. The van der Waals surface area contributed by atoms with E-state index in [1.165, 1.54) is 6.92 Å². The summed E-state index contributed by atoms with van der Waals surface area (Å²) in [7, 11) is 0. The lowest BCUT2D eigenvalue weighted by Crippen LogP contribution is -2.26. The van der Waals surface area contributed by atoms with Crippen LogP contribution in [-0.4, -0.2) is 18.2 Å². The highest BCUT2D eigenvalue weighted by Crippen LogP contribution is 2.32. The van der Waals surface area contributed by atoms with Gasteiger partial charge in [-0.15, -0.1) is 0 Å². The molecule has 2 N–H and O–H groups in total. The third kappa shape index (κ3) is 2.35. The van der Waals surface area contributed by atoms with Crippen molar-refractivity contribution in [2.75, 3.05) is 13.1 Å². The average molecular weight is 223 g/mol. The molecule has 0 saturated carbocycles. The Bertz CT molecular complexity index is 359. The lowest BCUT2D eigenvalue weighted by atomic mass is 9.89. The summed E-state index contributed by atoms with van der Waals surface area (Å²) in [4.78, 5) is 0. The predicted molar refractivity (Wildman–Crippen MR) is 62.5 cm³/mol. The molecule has 3 heteroatoms. The standard InChI is InChI=1S/C13H18FNO/c1-9(14)12-8-11(2-3-13(12)16)10-4-6-15-7-5-10/h2-3,8-10,15-16H,4-7H2,1H3. The van der Waals surface area contributed by atoms with E-state index in [-0.39, 0.29) is 5.75 Å². The Morgan fingerprint density at radius 3 is 2.69 bits per heavy atom. The summed E-state index contributed by atoms with van der Waals surface area (Å²) in [5.74, 6) is 0.562. The first kappa shape index (κ1) is 11.4. The van der Waals surface area contributed by atoms with Gasteiger partial charge in [0.05, 0.1) is 0 Å². The van der Waals surface area contributed by atoms with E-state index in [4.69, 9.17) is 0 Å². The van der Waals surface area contributed by atoms with Crippen LogP contribution in [0.3, 0.4) is 0 Å². The van der Waals surface area contributed by atoms with E-state index < -0.39 is 6.17 Å². The molecule has 1 aliphatic rings. The van der Waals surface area contributed by atoms with Gasteiger partial charge in [0, 0.05) is 5.56 Å². The lowest BCUT2D eigenvalue weighted by Gasteiger charge is -2.23.